The van der Waals surface area contributed by atoms with E-state index in [1.807, 2.05) is 18.2 Å². The number of likely N-dealkylation sites (tertiary alicyclic amines) is 1. The van der Waals surface area contributed by atoms with E-state index in [2.05, 4.69) is 56.6 Å². The van der Waals surface area contributed by atoms with Gasteiger partial charge in [-0.25, -0.2) is 4.39 Å². The number of halogens is 1. The Morgan fingerprint density at radius 1 is 1.06 bits per heavy atom. The molecule has 1 fully saturated rings. The number of nitrogens with zero attached hydrogens (tertiary/aromatic N) is 1. The third-order valence-corrected chi connectivity index (χ3v) is 6.57. The molecule has 2 heterocycles. The maximum absolute atomic E-state index is 15.3. The van der Waals surface area contributed by atoms with Gasteiger partial charge in [0.25, 0.3) is 5.97 Å². The van der Waals surface area contributed by atoms with Gasteiger partial charge in [0, 0.05) is 24.4 Å². The van der Waals surface area contributed by atoms with Gasteiger partial charge in [-0.3, -0.25) is 9.69 Å². The Labute approximate surface area is 208 Å². The van der Waals surface area contributed by atoms with Crippen molar-refractivity contribution in [1.29, 1.82) is 0 Å². The molecule has 0 spiro atoms. The first-order valence-electron chi connectivity index (χ1n) is 11.9. The molecule has 1 aliphatic carbocycles. The van der Waals surface area contributed by atoms with E-state index in [1.54, 1.807) is 6.08 Å². The normalized spacial score (nSPS) is 21.5. The van der Waals surface area contributed by atoms with Crippen molar-refractivity contribution in [2.75, 3.05) is 19.6 Å². The van der Waals surface area contributed by atoms with E-state index in [0.29, 0.717) is 17.8 Å². The fourth-order valence-electron chi connectivity index (χ4n) is 4.30. The van der Waals surface area contributed by atoms with E-state index in [9.17, 15) is 0 Å². The number of carboxylic acids is 1. The topological polar surface area (TPSA) is 53.7 Å². The number of carbonyl (C=O) groups is 1. The summed E-state index contributed by atoms with van der Waals surface area (Å²) in [6.45, 7) is 4.09. The molecule has 0 radical (unpaired) electrons. The van der Waals surface area contributed by atoms with Gasteiger partial charge in [-0.1, -0.05) is 47.8 Å². The average Bonchev–Trinajstić information content (AvgIpc) is 3.18. The third kappa shape index (κ3) is 7.00. The Balaban J connectivity index is 0.000000672. The summed E-state index contributed by atoms with van der Waals surface area (Å²) in [7, 11) is 2.82. The lowest BCUT2D eigenvalue weighted by Crippen LogP contribution is -2.38. The summed E-state index contributed by atoms with van der Waals surface area (Å²) < 4.78 is 21.4. The summed E-state index contributed by atoms with van der Waals surface area (Å²) in [5.41, 5.74) is 5.00. The van der Waals surface area contributed by atoms with Crippen LogP contribution < -0.4 is 0 Å². The van der Waals surface area contributed by atoms with Crippen molar-refractivity contribution in [3.63, 3.8) is 0 Å². The van der Waals surface area contributed by atoms with E-state index < -0.39 is 5.97 Å². The first-order chi connectivity index (χ1) is 16.9. The predicted octanol–water partition coefficient (Wildman–Crippen LogP) is 6.98. The Morgan fingerprint density at radius 3 is 2.49 bits per heavy atom. The maximum Gasteiger partial charge on any atom is 0.300 e. The average molecular weight is 492 g/mol. The van der Waals surface area contributed by atoms with Crippen LogP contribution in [0.1, 0.15) is 43.1 Å². The molecule has 2 aromatic carbocycles. The maximum atomic E-state index is 15.3. The van der Waals surface area contributed by atoms with E-state index in [1.165, 1.54) is 22.9 Å². The highest BCUT2D eigenvalue weighted by atomic mass is 31.0. The number of allylic oxidation sites excluding steroid dienone is 4. The quantitative estimate of drug-likeness (QED) is 0.391. The molecule has 0 saturated carbocycles. The number of hydrogen-bond donors (Lipinski definition) is 1. The highest BCUT2D eigenvalue weighted by molar-refractivity contribution is 7.22. The summed E-state index contributed by atoms with van der Waals surface area (Å²) in [6, 6.07) is 18.7. The lowest BCUT2D eigenvalue weighted by atomic mass is 10.00. The van der Waals surface area contributed by atoms with Gasteiger partial charge in [-0.15, -0.1) is 9.24 Å². The highest BCUT2D eigenvalue weighted by Gasteiger charge is 2.19. The van der Waals surface area contributed by atoms with Crippen LogP contribution in [-0.4, -0.2) is 35.6 Å². The first-order valence-corrected chi connectivity index (χ1v) is 12.5. The summed E-state index contributed by atoms with van der Waals surface area (Å²) in [6.07, 6.45) is 7.36. The molecule has 6 heteroatoms. The molecule has 1 unspecified atom stereocenters. The van der Waals surface area contributed by atoms with Crippen LogP contribution in [0.3, 0.4) is 0 Å². The summed E-state index contributed by atoms with van der Waals surface area (Å²) in [5.74, 6) is -0.364. The Hall–Kier alpha value is -3.01. The Kier molecular flexibility index (Phi) is 8.33. The minimum Gasteiger partial charge on any atom is -0.481 e. The predicted molar refractivity (Wildman–Crippen MR) is 143 cm³/mol. The number of rotatable bonds is 5. The second-order valence-electron chi connectivity index (χ2n) is 9.06. The smallest absolute Gasteiger partial charge is 0.300 e. The molecule has 1 aromatic heterocycles. The van der Waals surface area contributed by atoms with Crippen molar-refractivity contribution in [2.24, 2.45) is 0 Å². The van der Waals surface area contributed by atoms with Crippen LogP contribution in [0.5, 0.6) is 0 Å². The monoisotopic (exact) mass is 491 g/mol. The zero-order valence-corrected chi connectivity index (χ0v) is 21.1. The van der Waals surface area contributed by atoms with E-state index in [-0.39, 0.29) is 5.83 Å². The van der Waals surface area contributed by atoms with Crippen molar-refractivity contribution < 1.29 is 18.7 Å². The van der Waals surface area contributed by atoms with Gasteiger partial charge >= 0.3 is 0 Å². The van der Waals surface area contributed by atoms with Crippen LogP contribution in [0, 0.1) is 0 Å². The molecule has 1 atom stereocenters. The van der Waals surface area contributed by atoms with Gasteiger partial charge < -0.3 is 9.52 Å². The number of aliphatic carboxylic acids is 1. The van der Waals surface area contributed by atoms with E-state index in [0.717, 1.165) is 55.9 Å². The molecular weight excluding hydrogens is 460 g/mol. The van der Waals surface area contributed by atoms with Crippen LogP contribution in [0.4, 0.5) is 4.39 Å². The Bertz CT molecular complexity index is 1280. The van der Waals surface area contributed by atoms with Crippen LogP contribution in [0.25, 0.3) is 16.5 Å². The van der Waals surface area contributed by atoms with Gasteiger partial charge in [0.15, 0.2) is 0 Å². The second kappa shape index (κ2) is 11.6. The van der Waals surface area contributed by atoms with Gasteiger partial charge in [-0.05, 0) is 79.7 Å². The third-order valence-electron chi connectivity index (χ3n) is 6.12. The van der Waals surface area contributed by atoms with Crippen molar-refractivity contribution in [2.45, 2.75) is 32.6 Å². The number of fused-ring (bicyclic) bond motifs is 1. The first kappa shape index (κ1) is 25.1. The Morgan fingerprint density at radius 2 is 1.80 bits per heavy atom. The molecular formula is C29H31FNO3P. The van der Waals surface area contributed by atoms with Crippen LogP contribution in [0.15, 0.2) is 87.9 Å². The van der Waals surface area contributed by atoms with Gasteiger partial charge in [-0.2, -0.15) is 0 Å². The number of benzene rings is 2. The molecule has 5 rings (SSSR count). The van der Waals surface area contributed by atoms with Gasteiger partial charge in [0.05, 0.1) is 0 Å². The molecule has 4 nitrogen and oxygen atoms in total. The molecule has 0 amide bonds. The SMILES string of the molecule is CC(=O)O.FC1=C(\c2cc3cc(Cc4ccccc4)ccc3o2)CC\C(P)=C/C(CN2CCC2)=C\1. The molecule has 1 aliphatic heterocycles. The molecule has 1 N–H and O–H groups in total. The van der Waals surface area contributed by atoms with Crippen LogP contribution in [0.2, 0.25) is 0 Å². The van der Waals surface area contributed by atoms with Crippen molar-refractivity contribution in [1.82, 2.24) is 4.90 Å². The number of hydrogen-bond acceptors (Lipinski definition) is 3. The number of carboxylic acid groups (broad SMARTS) is 1. The van der Waals surface area contributed by atoms with Gasteiger partial charge in [0.2, 0.25) is 0 Å². The second-order valence-corrected chi connectivity index (χ2v) is 9.80. The molecule has 182 valence electrons. The lowest BCUT2D eigenvalue weighted by molar-refractivity contribution is -0.134. The zero-order valence-electron chi connectivity index (χ0n) is 20.0. The van der Waals surface area contributed by atoms with Crippen molar-refractivity contribution >= 4 is 31.8 Å². The molecule has 0 bridgehead atoms. The molecule has 35 heavy (non-hydrogen) atoms. The molecule has 1 saturated heterocycles. The van der Waals surface area contributed by atoms with Crippen molar-refractivity contribution in [3.05, 3.63) is 100 Å². The standard InChI is InChI=1S/C27H27FNOP.C2H4O2/c28-25-16-21(18-29-11-4-12-29)15-23(31)8-9-24(25)27-17-22-14-20(7-10-26(22)30-27)13-19-5-2-1-3-6-19;1-2(3)4/h1-3,5-7,10,14-17H,4,8-9,11-13,18,31H2;1H3,(H,3,4)/b21-16+,23-15+,25-24-;. The minimum atomic E-state index is -0.833. The summed E-state index contributed by atoms with van der Waals surface area (Å²) in [5, 5.41) is 9.65. The fourth-order valence-corrected chi connectivity index (χ4v) is 4.66. The fraction of sp³-hybridized carbons (Fsp3) is 0.276. The largest absolute Gasteiger partial charge is 0.481 e. The van der Waals surface area contributed by atoms with Crippen molar-refractivity contribution in [3.8, 4) is 0 Å². The number of furan rings is 1. The molecule has 2 aliphatic rings. The highest BCUT2D eigenvalue weighted by Crippen LogP contribution is 2.35. The summed E-state index contributed by atoms with van der Waals surface area (Å²) in [4.78, 5) is 11.4. The van der Waals surface area contributed by atoms with E-state index >= 15 is 4.39 Å². The summed E-state index contributed by atoms with van der Waals surface area (Å²) >= 11 is 0. The zero-order chi connectivity index (χ0) is 24.8. The van der Waals surface area contributed by atoms with Crippen LogP contribution in [-0.2, 0) is 11.2 Å². The van der Waals surface area contributed by atoms with Gasteiger partial charge in [0.1, 0.15) is 17.2 Å². The lowest BCUT2D eigenvalue weighted by Gasteiger charge is -2.31. The minimum absolute atomic E-state index is 0.173. The van der Waals surface area contributed by atoms with Crippen LogP contribution >= 0.6 is 9.24 Å². The molecule has 3 aromatic rings. The van der Waals surface area contributed by atoms with E-state index in [4.69, 9.17) is 14.3 Å².